The van der Waals surface area contributed by atoms with Crippen molar-refractivity contribution in [3.05, 3.63) is 21.3 Å². The van der Waals surface area contributed by atoms with Crippen LogP contribution in [0.1, 0.15) is 23.8 Å². The highest BCUT2D eigenvalue weighted by molar-refractivity contribution is 7.10. The lowest BCUT2D eigenvalue weighted by Gasteiger charge is -2.07. The van der Waals surface area contributed by atoms with E-state index in [2.05, 4.69) is 0 Å². The Hall–Kier alpha value is -0.580. The molecule has 0 aliphatic carbocycles. The van der Waals surface area contributed by atoms with Gasteiger partial charge in [0.2, 0.25) is 0 Å². The summed E-state index contributed by atoms with van der Waals surface area (Å²) in [6.45, 7) is 0. The highest BCUT2D eigenvalue weighted by atomic mass is 35.5. The van der Waals surface area contributed by atoms with Gasteiger partial charge in [-0.05, 0) is 17.9 Å². The number of hydrogen-bond acceptors (Lipinski definition) is 3. The molecule has 1 unspecified atom stereocenters. The molecule has 0 amide bonds. The van der Waals surface area contributed by atoms with Crippen LogP contribution in [0.3, 0.4) is 0 Å². The van der Waals surface area contributed by atoms with Crippen LogP contribution in [0.5, 0.6) is 0 Å². The van der Waals surface area contributed by atoms with Crippen molar-refractivity contribution in [1.29, 1.82) is 0 Å². The van der Waals surface area contributed by atoms with Crippen molar-refractivity contribution in [2.24, 2.45) is 5.73 Å². The largest absolute Gasteiger partial charge is 0.481 e. The second-order valence-electron chi connectivity index (χ2n) is 2.67. The molecule has 1 atom stereocenters. The van der Waals surface area contributed by atoms with Crippen molar-refractivity contribution in [2.45, 2.75) is 18.9 Å². The van der Waals surface area contributed by atoms with Crippen LogP contribution in [0, 0.1) is 0 Å². The van der Waals surface area contributed by atoms with Crippen LogP contribution in [-0.4, -0.2) is 11.1 Å². The number of carbonyl (C=O) groups is 1. The number of carboxylic acid groups (broad SMARTS) is 1. The molecule has 1 aromatic rings. The highest BCUT2D eigenvalue weighted by Crippen LogP contribution is 2.29. The van der Waals surface area contributed by atoms with E-state index in [0.717, 1.165) is 4.88 Å². The maximum absolute atomic E-state index is 10.3. The molecule has 72 valence electrons. The first-order valence-electron chi connectivity index (χ1n) is 3.81. The summed E-state index contributed by atoms with van der Waals surface area (Å²) in [6, 6.07) is 1.51. The quantitative estimate of drug-likeness (QED) is 0.817. The Morgan fingerprint density at radius 2 is 2.46 bits per heavy atom. The first-order valence-corrected chi connectivity index (χ1v) is 5.07. The minimum absolute atomic E-state index is 0.0788. The minimum Gasteiger partial charge on any atom is -0.481 e. The molecule has 0 aromatic carbocycles. The number of rotatable bonds is 4. The van der Waals surface area contributed by atoms with E-state index in [1.807, 2.05) is 5.38 Å². The normalized spacial score (nSPS) is 12.8. The molecule has 3 N–H and O–H groups in total. The van der Waals surface area contributed by atoms with E-state index >= 15 is 0 Å². The number of carboxylic acids is 1. The molecule has 0 saturated carbocycles. The smallest absolute Gasteiger partial charge is 0.303 e. The van der Waals surface area contributed by atoms with E-state index in [1.54, 1.807) is 6.07 Å². The number of hydrogen-bond donors (Lipinski definition) is 2. The zero-order valence-electron chi connectivity index (χ0n) is 6.87. The molecule has 0 radical (unpaired) electrons. The van der Waals surface area contributed by atoms with Crippen molar-refractivity contribution in [1.82, 2.24) is 0 Å². The molecule has 0 spiro atoms. The molecule has 0 aliphatic heterocycles. The maximum atomic E-state index is 10.3. The fraction of sp³-hybridized carbons (Fsp3) is 0.375. The summed E-state index contributed by atoms with van der Waals surface area (Å²) < 4.78 is 0. The van der Waals surface area contributed by atoms with E-state index in [-0.39, 0.29) is 12.5 Å². The van der Waals surface area contributed by atoms with Crippen molar-refractivity contribution in [3.63, 3.8) is 0 Å². The van der Waals surface area contributed by atoms with Crippen LogP contribution in [0.2, 0.25) is 5.02 Å². The van der Waals surface area contributed by atoms with Gasteiger partial charge in [-0.15, -0.1) is 11.3 Å². The molecule has 0 bridgehead atoms. The van der Waals surface area contributed by atoms with Crippen LogP contribution < -0.4 is 5.73 Å². The van der Waals surface area contributed by atoms with Gasteiger partial charge in [0.1, 0.15) is 0 Å². The third-order valence-electron chi connectivity index (χ3n) is 1.65. The maximum Gasteiger partial charge on any atom is 0.303 e. The van der Waals surface area contributed by atoms with Gasteiger partial charge in [-0.2, -0.15) is 0 Å². The number of halogens is 1. The fourth-order valence-electron chi connectivity index (χ4n) is 0.980. The first kappa shape index (κ1) is 10.5. The van der Waals surface area contributed by atoms with Crippen molar-refractivity contribution in [2.75, 3.05) is 0 Å². The molecule has 3 nitrogen and oxygen atoms in total. The summed E-state index contributed by atoms with van der Waals surface area (Å²) in [7, 11) is 0. The van der Waals surface area contributed by atoms with E-state index in [4.69, 9.17) is 22.4 Å². The summed E-state index contributed by atoms with van der Waals surface area (Å²) in [4.78, 5) is 11.1. The first-order chi connectivity index (χ1) is 6.11. The Morgan fingerprint density at radius 3 is 2.92 bits per heavy atom. The van der Waals surface area contributed by atoms with Crippen molar-refractivity contribution >= 4 is 28.9 Å². The second-order valence-corrected chi connectivity index (χ2v) is 4.03. The van der Waals surface area contributed by atoms with Gasteiger partial charge in [0.25, 0.3) is 0 Å². The van der Waals surface area contributed by atoms with Gasteiger partial charge in [0, 0.05) is 17.3 Å². The summed E-state index contributed by atoms with van der Waals surface area (Å²) >= 11 is 7.29. The van der Waals surface area contributed by atoms with Gasteiger partial charge in [-0.1, -0.05) is 11.6 Å². The summed E-state index contributed by atoms with van der Waals surface area (Å²) in [5.41, 5.74) is 5.75. The third-order valence-corrected chi connectivity index (χ3v) is 3.14. The van der Waals surface area contributed by atoms with E-state index in [9.17, 15) is 4.79 Å². The van der Waals surface area contributed by atoms with Crippen LogP contribution in [0.4, 0.5) is 0 Å². The molecule has 1 heterocycles. The topological polar surface area (TPSA) is 63.3 Å². The Kier molecular flexibility index (Phi) is 3.71. The number of thiophene rings is 1. The lowest BCUT2D eigenvalue weighted by molar-refractivity contribution is -0.137. The predicted octanol–water partition coefficient (Wildman–Crippen LogP) is 2.27. The fourth-order valence-corrected chi connectivity index (χ4v) is 2.22. The Balaban J connectivity index is 2.53. The Bertz CT molecular complexity index is 300. The monoisotopic (exact) mass is 219 g/mol. The minimum atomic E-state index is -0.830. The lowest BCUT2D eigenvalue weighted by Crippen LogP contribution is -2.11. The van der Waals surface area contributed by atoms with Crippen LogP contribution >= 0.6 is 22.9 Å². The highest BCUT2D eigenvalue weighted by Gasteiger charge is 2.12. The summed E-state index contributed by atoms with van der Waals surface area (Å²) in [6.07, 6.45) is 0.505. The Labute approximate surface area is 85.1 Å². The molecule has 0 fully saturated rings. The van der Waals surface area contributed by atoms with Gasteiger partial charge in [0.15, 0.2) is 0 Å². The van der Waals surface area contributed by atoms with E-state index < -0.39 is 5.97 Å². The lowest BCUT2D eigenvalue weighted by atomic mass is 10.1. The average Bonchev–Trinajstić information content (AvgIpc) is 2.47. The van der Waals surface area contributed by atoms with Gasteiger partial charge in [-0.25, -0.2) is 0 Å². The van der Waals surface area contributed by atoms with Gasteiger partial charge >= 0.3 is 5.97 Å². The summed E-state index contributed by atoms with van der Waals surface area (Å²) in [5, 5.41) is 10.9. The van der Waals surface area contributed by atoms with E-state index in [1.165, 1.54) is 11.3 Å². The molecular weight excluding hydrogens is 210 g/mol. The SMILES string of the molecule is NC(CCC(=O)O)c1sccc1Cl. The molecular formula is C8H10ClNO2S. The van der Waals surface area contributed by atoms with Crippen LogP contribution in [0.15, 0.2) is 11.4 Å². The average molecular weight is 220 g/mol. The van der Waals surface area contributed by atoms with E-state index in [0.29, 0.717) is 11.4 Å². The summed E-state index contributed by atoms with van der Waals surface area (Å²) in [5.74, 6) is -0.830. The van der Waals surface area contributed by atoms with Crippen molar-refractivity contribution in [3.8, 4) is 0 Å². The third kappa shape index (κ3) is 2.99. The molecule has 1 rings (SSSR count). The molecule has 1 aromatic heterocycles. The molecule has 5 heteroatoms. The standard InChI is InChI=1S/C8H10ClNO2S/c9-5-3-4-13-8(5)6(10)1-2-7(11)12/h3-4,6H,1-2,10H2,(H,11,12). The van der Waals surface area contributed by atoms with Gasteiger partial charge in [0.05, 0.1) is 5.02 Å². The number of nitrogens with two attached hydrogens (primary N) is 1. The predicted molar refractivity (Wildman–Crippen MR) is 53.1 cm³/mol. The number of aliphatic carboxylic acids is 1. The zero-order valence-corrected chi connectivity index (χ0v) is 8.44. The molecule has 0 aliphatic rings. The Morgan fingerprint density at radius 1 is 1.77 bits per heavy atom. The zero-order chi connectivity index (χ0) is 9.84. The van der Waals surface area contributed by atoms with Gasteiger partial charge in [-0.3, -0.25) is 4.79 Å². The molecule has 13 heavy (non-hydrogen) atoms. The van der Waals surface area contributed by atoms with Gasteiger partial charge < -0.3 is 10.8 Å². The van der Waals surface area contributed by atoms with Crippen molar-refractivity contribution < 1.29 is 9.90 Å². The second kappa shape index (κ2) is 4.60. The van der Waals surface area contributed by atoms with Crippen LogP contribution in [-0.2, 0) is 4.79 Å². The van der Waals surface area contributed by atoms with Crippen LogP contribution in [0.25, 0.3) is 0 Å². The molecule has 0 saturated heterocycles.